The highest BCUT2D eigenvalue weighted by atomic mass is 35.5. The molecule has 6 heteroatoms. The lowest BCUT2D eigenvalue weighted by Gasteiger charge is -2.35. The number of hydrogen-bond donors (Lipinski definition) is 1. The molecule has 1 aromatic rings. The molecule has 2 amide bonds. The quantitative estimate of drug-likeness (QED) is 0.884. The van der Waals surface area contributed by atoms with E-state index in [-0.39, 0.29) is 30.3 Å². The van der Waals surface area contributed by atoms with Crippen LogP contribution in [0.15, 0.2) is 24.3 Å². The summed E-state index contributed by atoms with van der Waals surface area (Å²) in [5, 5.41) is 0. The lowest BCUT2D eigenvalue weighted by Crippen LogP contribution is -2.47. The third kappa shape index (κ3) is 4.48. The molecule has 1 aliphatic heterocycles. The number of benzene rings is 1. The van der Waals surface area contributed by atoms with Crippen LogP contribution in [0, 0.1) is 0 Å². The molecule has 1 aromatic carbocycles. The summed E-state index contributed by atoms with van der Waals surface area (Å²) in [5.74, 6) is 0.0220. The van der Waals surface area contributed by atoms with E-state index in [1.54, 1.807) is 29.2 Å². The van der Waals surface area contributed by atoms with Crippen molar-refractivity contribution in [3.8, 4) is 0 Å². The van der Waals surface area contributed by atoms with E-state index in [1.165, 1.54) is 0 Å². The molecule has 1 heterocycles. The second-order valence-electron chi connectivity index (χ2n) is 5.94. The third-order valence-corrected chi connectivity index (χ3v) is 4.59. The van der Waals surface area contributed by atoms with Crippen molar-refractivity contribution in [2.45, 2.75) is 39.2 Å². The maximum Gasteiger partial charge on any atom is 0.254 e. The van der Waals surface area contributed by atoms with E-state index in [9.17, 15) is 9.59 Å². The molecule has 1 fully saturated rings. The van der Waals surface area contributed by atoms with Gasteiger partial charge < -0.3 is 15.5 Å². The Morgan fingerprint density at radius 2 is 1.71 bits per heavy atom. The first-order valence-electron chi connectivity index (χ1n) is 8.52. The third-order valence-electron chi connectivity index (χ3n) is 4.59. The molecule has 134 valence electrons. The number of carbonyl (C=O) groups is 2. The molecule has 0 spiro atoms. The zero-order valence-corrected chi connectivity index (χ0v) is 15.3. The normalized spacial score (nSPS) is 17.1. The van der Waals surface area contributed by atoms with Gasteiger partial charge in [-0.1, -0.05) is 0 Å². The minimum Gasteiger partial charge on any atom is -0.339 e. The van der Waals surface area contributed by atoms with E-state index in [4.69, 9.17) is 5.73 Å². The van der Waals surface area contributed by atoms with E-state index >= 15 is 0 Å². The second kappa shape index (κ2) is 9.64. The van der Waals surface area contributed by atoms with Gasteiger partial charge in [0.2, 0.25) is 0 Å². The van der Waals surface area contributed by atoms with Gasteiger partial charge in [-0.3, -0.25) is 9.59 Å². The fourth-order valence-corrected chi connectivity index (χ4v) is 3.13. The lowest BCUT2D eigenvalue weighted by molar-refractivity contribution is 0.0622. The van der Waals surface area contributed by atoms with Gasteiger partial charge in [0.05, 0.1) is 0 Å². The van der Waals surface area contributed by atoms with Crippen LogP contribution in [0.3, 0.4) is 0 Å². The monoisotopic (exact) mass is 353 g/mol. The molecule has 1 unspecified atom stereocenters. The molecule has 0 radical (unpaired) electrons. The number of nitrogens with two attached hydrogens (primary N) is 1. The Bertz CT molecular complexity index is 544. The SMILES string of the molecule is CCN(CC)C(=O)c1ccc(C(=O)N2CCCCC2CN)cc1.Cl. The smallest absolute Gasteiger partial charge is 0.254 e. The van der Waals surface area contributed by atoms with Crippen LogP contribution in [-0.2, 0) is 0 Å². The van der Waals surface area contributed by atoms with Crippen molar-refractivity contribution in [2.75, 3.05) is 26.2 Å². The highest BCUT2D eigenvalue weighted by molar-refractivity contribution is 5.98. The van der Waals surface area contributed by atoms with Crippen LogP contribution in [0.4, 0.5) is 0 Å². The number of rotatable bonds is 5. The van der Waals surface area contributed by atoms with Crippen molar-refractivity contribution in [1.82, 2.24) is 9.80 Å². The second-order valence-corrected chi connectivity index (χ2v) is 5.94. The maximum atomic E-state index is 12.7. The zero-order valence-electron chi connectivity index (χ0n) is 14.5. The molecule has 5 nitrogen and oxygen atoms in total. The average molecular weight is 354 g/mol. The van der Waals surface area contributed by atoms with Crippen LogP contribution in [0.5, 0.6) is 0 Å². The highest BCUT2D eigenvalue weighted by Gasteiger charge is 2.26. The topological polar surface area (TPSA) is 66.6 Å². The molecule has 2 rings (SSSR count). The number of nitrogens with zero attached hydrogens (tertiary/aromatic N) is 2. The van der Waals surface area contributed by atoms with Crippen molar-refractivity contribution in [3.63, 3.8) is 0 Å². The molecule has 1 aliphatic rings. The van der Waals surface area contributed by atoms with Crippen LogP contribution >= 0.6 is 12.4 Å². The van der Waals surface area contributed by atoms with Crippen molar-refractivity contribution in [2.24, 2.45) is 5.73 Å². The summed E-state index contributed by atoms with van der Waals surface area (Å²) in [4.78, 5) is 28.6. The summed E-state index contributed by atoms with van der Waals surface area (Å²) < 4.78 is 0. The average Bonchev–Trinajstić information content (AvgIpc) is 2.62. The first-order valence-corrected chi connectivity index (χ1v) is 8.52. The molecule has 1 atom stereocenters. The minimum atomic E-state index is 0. The predicted molar refractivity (Wildman–Crippen MR) is 98.7 cm³/mol. The molecular formula is C18H28ClN3O2. The predicted octanol–water partition coefficient (Wildman–Crippen LogP) is 2.54. The van der Waals surface area contributed by atoms with Crippen LogP contribution in [0.2, 0.25) is 0 Å². The minimum absolute atomic E-state index is 0. The van der Waals surface area contributed by atoms with Gasteiger partial charge in [0.25, 0.3) is 11.8 Å². The summed E-state index contributed by atoms with van der Waals surface area (Å²) in [5.41, 5.74) is 7.04. The first kappa shape index (κ1) is 20.5. The van der Waals surface area contributed by atoms with Crippen molar-refractivity contribution >= 4 is 24.2 Å². The van der Waals surface area contributed by atoms with Gasteiger partial charge in [0, 0.05) is 43.3 Å². The van der Waals surface area contributed by atoms with Crippen LogP contribution in [0.25, 0.3) is 0 Å². The first-order chi connectivity index (χ1) is 11.1. The lowest BCUT2D eigenvalue weighted by atomic mass is 10.0. The molecule has 0 aliphatic carbocycles. The number of carbonyl (C=O) groups excluding carboxylic acids is 2. The Balaban J connectivity index is 0.00000288. The molecular weight excluding hydrogens is 326 g/mol. The van der Waals surface area contributed by atoms with E-state index in [2.05, 4.69) is 0 Å². The van der Waals surface area contributed by atoms with Gasteiger partial charge in [0.1, 0.15) is 0 Å². The molecule has 2 N–H and O–H groups in total. The van der Waals surface area contributed by atoms with Gasteiger partial charge in [0.15, 0.2) is 0 Å². The summed E-state index contributed by atoms with van der Waals surface area (Å²) >= 11 is 0. The van der Waals surface area contributed by atoms with Gasteiger partial charge in [-0.2, -0.15) is 0 Å². The maximum absolute atomic E-state index is 12.7. The number of likely N-dealkylation sites (tertiary alicyclic amines) is 1. The van der Waals surface area contributed by atoms with Crippen LogP contribution < -0.4 is 5.73 Å². The van der Waals surface area contributed by atoms with E-state index in [1.807, 2.05) is 18.7 Å². The van der Waals surface area contributed by atoms with Crippen molar-refractivity contribution in [1.29, 1.82) is 0 Å². The molecule has 24 heavy (non-hydrogen) atoms. The number of halogens is 1. The van der Waals surface area contributed by atoms with Crippen LogP contribution in [0.1, 0.15) is 53.8 Å². The van der Waals surface area contributed by atoms with Gasteiger partial charge in [-0.25, -0.2) is 0 Å². The Morgan fingerprint density at radius 3 is 2.25 bits per heavy atom. The van der Waals surface area contributed by atoms with Crippen molar-refractivity contribution < 1.29 is 9.59 Å². The number of piperidine rings is 1. The molecule has 0 saturated carbocycles. The van der Waals surface area contributed by atoms with Crippen LogP contribution in [-0.4, -0.2) is 53.8 Å². The number of hydrogen-bond acceptors (Lipinski definition) is 3. The van der Waals surface area contributed by atoms with Gasteiger partial charge in [-0.05, 0) is 57.4 Å². The summed E-state index contributed by atoms with van der Waals surface area (Å²) in [7, 11) is 0. The Kier molecular flexibility index (Phi) is 8.22. The van der Waals surface area contributed by atoms with Gasteiger partial charge in [-0.15, -0.1) is 12.4 Å². The standard InChI is InChI=1S/C18H27N3O2.ClH/c1-3-20(4-2)17(22)14-8-10-15(11-9-14)18(23)21-12-6-5-7-16(21)13-19;/h8-11,16H,3-7,12-13,19H2,1-2H3;1H. The molecule has 1 saturated heterocycles. The summed E-state index contributed by atoms with van der Waals surface area (Å²) in [6.45, 7) is 6.56. The Morgan fingerprint density at radius 1 is 1.12 bits per heavy atom. The van der Waals surface area contributed by atoms with E-state index in [0.29, 0.717) is 30.8 Å². The fraction of sp³-hybridized carbons (Fsp3) is 0.556. The zero-order chi connectivity index (χ0) is 16.8. The summed E-state index contributed by atoms with van der Waals surface area (Å²) in [6.07, 6.45) is 3.13. The Hall–Kier alpha value is -1.59. The number of amides is 2. The van der Waals surface area contributed by atoms with Gasteiger partial charge >= 0.3 is 0 Å². The van der Waals surface area contributed by atoms with Crippen molar-refractivity contribution in [3.05, 3.63) is 35.4 Å². The largest absolute Gasteiger partial charge is 0.339 e. The van der Waals surface area contributed by atoms with E-state index < -0.39 is 0 Å². The molecule has 0 aromatic heterocycles. The summed E-state index contributed by atoms with van der Waals surface area (Å²) in [6, 6.07) is 7.13. The Labute approximate surface area is 150 Å². The molecule has 0 bridgehead atoms. The van der Waals surface area contributed by atoms with E-state index in [0.717, 1.165) is 25.8 Å². The fourth-order valence-electron chi connectivity index (χ4n) is 3.13. The highest BCUT2D eigenvalue weighted by Crippen LogP contribution is 2.19.